The van der Waals surface area contributed by atoms with Crippen molar-refractivity contribution < 1.29 is 9.59 Å². The molecule has 1 aliphatic carbocycles. The topological polar surface area (TPSA) is 63.4 Å². The molecule has 100 valence electrons. The van der Waals surface area contributed by atoms with Crippen molar-refractivity contribution in [3.63, 3.8) is 0 Å². The number of benzene rings is 1. The summed E-state index contributed by atoms with van der Waals surface area (Å²) in [7, 11) is 0. The molecule has 1 saturated heterocycles. The van der Waals surface area contributed by atoms with Gasteiger partial charge in [0.15, 0.2) is 0 Å². The second-order valence-electron chi connectivity index (χ2n) is 5.26. The number of carbonyl (C=O) groups is 2. The minimum Gasteiger partial charge on any atom is -0.399 e. The van der Waals surface area contributed by atoms with E-state index < -0.39 is 0 Å². The zero-order chi connectivity index (χ0) is 13.6. The molecule has 2 amide bonds. The number of rotatable bonds is 2. The van der Waals surface area contributed by atoms with Gasteiger partial charge < -0.3 is 5.73 Å². The first kappa shape index (κ1) is 12.5. The molecule has 2 atom stereocenters. The van der Waals surface area contributed by atoms with E-state index in [-0.39, 0.29) is 30.2 Å². The molecule has 0 aromatic heterocycles. The van der Waals surface area contributed by atoms with Gasteiger partial charge in [-0.25, -0.2) is 0 Å². The molecule has 0 spiro atoms. The average Bonchev–Trinajstić information content (AvgIpc) is 2.94. The van der Waals surface area contributed by atoms with Crippen LogP contribution in [-0.2, 0) is 16.1 Å². The molecule has 19 heavy (non-hydrogen) atoms. The molecule has 2 unspecified atom stereocenters. The van der Waals surface area contributed by atoms with Gasteiger partial charge in [-0.05, 0) is 36.6 Å². The summed E-state index contributed by atoms with van der Waals surface area (Å²) < 4.78 is 0. The van der Waals surface area contributed by atoms with Gasteiger partial charge in [0.2, 0.25) is 11.8 Å². The van der Waals surface area contributed by atoms with Gasteiger partial charge in [-0.2, -0.15) is 0 Å². The van der Waals surface area contributed by atoms with Gasteiger partial charge in [0.1, 0.15) is 0 Å². The predicted molar refractivity (Wildman–Crippen MR) is 72.3 cm³/mol. The van der Waals surface area contributed by atoms with Gasteiger partial charge >= 0.3 is 0 Å². The van der Waals surface area contributed by atoms with Crippen LogP contribution in [0, 0.1) is 11.8 Å². The number of anilines is 1. The summed E-state index contributed by atoms with van der Waals surface area (Å²) in [6.07, 6.45) is 2.63. The normalized spacial score (nSPS) is 26.1. The summed E-state index contributed by atoms with van der Waals surface area (Å²) in [5, 5.41) is 0.534. The standard InChI is InChI=1S/C14H15ClN2O2/c15-12-5-4-9(16)6-8(12)7-17-13(18)10-2-1-3-11(10)14(17)19/h4-6,10-11H,1-3,7,16H2. The van der Waals surface area contributed by atoms with E-state index in [4.69, 9.17) is 17.3 Å². The summed E-state index contributed by atoms with van der Waals surface area (Å²) in [5.74, 6) is -0.309. The molecule has 4 nitrogen and oxygen atoms in total. The van der Waals surface area contributed by atoms with Crippen LogP contribution >= 0.6 is 11.6 Å². The monoisotopic (exact) mass is 278 g/mol. The highest BCUT2D eigenvalue weighted by Gasteiger charge is 2.49. The van der Waals surface area contributed by atoms with Crippen molar-refractivity contribution in [2.75, 3.05) is 5.73 Å². The largest absolute Gasteiger partial charge is 0.399 e. The van der Waals surface area contributed by atoms with Crippen molar-refractivity contribution in [2.24, 2.45) is 11.8 Å². The van der Waals surface area contributed by atoms with E-state index in [9.17, 15) is 9.59 Å². The Morgan fingerprint density at radius 3 is 2.47 bits per heavy atom. The van der Waals surface area contributed by atoms with E-state index >= 15 is 0 Å². The highest BCUT2D eigenvalue weighted by atomic mass is 35.5. The van der Waals surface area contributed by atoms with Gasteiger partial charge in [-0.3, -0.25) is 14.5 Å². The van der Waals surface area contributed by atoms with E-state index in [1.54, 1.807) is 18.2 Å². The van der Waals surface area contributed by atoms with Crippen LogP contribution in [0.5, 0.6) is 0 Å². The zero-order valence-electron chi connectivity index (χ0n) is 10.4. The molecular weight excluding hydrogens is 264 g/mol. The molecule has 1 saturated carbocycles. The molecule has 2 fully saturated rings. The Morgan fingerprint density at radius 1 is 1.21 bits per heavy atom. The Hall–Kier alpha value is -1.55. The van der Waals surface area contributed by atoms with E-state index in [1.807, 2.05) is 0 Å². The summed E-state index contributed by atoms with van der Waals surface area (Å²) in [4.78, 5) is 25.8. The minimum atomic E-state index is -0.104. The Labute approximate surface area is 116 Å². The van der Waals surface area contributed by atoms with Crippen LogP contribution in [0.3, 0.4) is 0 Å². The second-order valence-corrected chi connectivity index (χ2v) is 5.66. The van der Waals surface area contributed by atoms with E-state index in [2.05, 4.69) is 0 Å². The highest BCUT2D eigenvalue weighted by Crippen LogP contribution is 2.40. The van der Waals surface area contributed by atoms with Gasteiger partial charge in [0.25, 0.3) is 0 Å². The molecular formula is C14H15ClN2O2. The number of hydrogen-bond acceptors (Lipinski definition) is 3. The van der Waals surface area contributed by atoms with Gasteiger partial charge in [-0.1, -0.05) is 18.0 Å². The first-order valence-electron chi connectivity index (χ1n) is 6.47. The Morgan fingerprint density at radius 2 is 1.84 bits per heavy atom. The van der Waals surface area contributed by atoms with Crippen LogP contribution < -0.4 is 5.73 Å². The summed E-state index contributed by atoms with van der Waals surface area (Å²) in [6, 6.07) is 5.11. The van der Waals surface area contributed by atoms with Crippen molar-refractivity contribution in [3.8, 4) is 0 Å². The third-order valence-corrected chi connectivity index (χ3v) is 4.45. The lowest BCUT2D eigenvalue weighted by Gasteiger charge is -2.17. The Balaban J connectivity index is 1.86. The minimum absolute atomic E-state index is 0.0500. The molecule has 0 radical (unpaired) electrons. The lowest BCUT2D eigenvalue weighted by Crippen LogP contribution is -2.31. The molecule has 2 N–H and O–H groups in total. The van der Waals surface area contributed by atoms with Crippen molar-refractivity contribution in [1.82, 2.24) is 4.90 Å². The number of amides is 2. The van der Waals surface area contributed by atoms with Crippen LogP contribution in [0.4, 0.5) is 5.69 Å². The SMILES string of the molecule is Nc1ccc(Cl)c(CN2C(=O)C3CCCC3C2=O)c1. The number of nitrogens with zero attached hydrogens (tertiary/aromatic N) is 1. The highest BCUT2D eigenvalue weighted by molar-refractivity contribution is 6.31. The first-order valence-corrected chi connectivity index (χ1v) is 6.85. The van der Waals surface area contributed by atoms with Crippen molar-refractivity contribution in [2.45, 2.75) is 25.8 Å². The van der Waals surface area contributed by atoms with E-state index in [0.29, 0.717) is 10.7 Å². The fraction of sp³-hybridized carbons (Fsp3) is 0.429. The van der Waals surface area contributed by atoms with Crippen molar-refractivity contribution in [1.29, 1.82) is 0 Å². The zero-order valence-corrected chi connectivity index (χ0v) is 11.2. The predicted octanol–water partition coefficient (Wildman–Crippen LogP) is 2.21. The summed E-state index contributed by atoms with van der Waals surface area (Å²) in [5.41, 5.74) is 7.02. The average molecular weight is 279 g/mol. The number of carbonyl (C=O) groups excluding carboxylic acids is 2. The summed E-state index contributed by atoms with van der Waals surface area (Å²) >= 11 is 6.09. The third-order valence-electron chi connectivity index (χ3n) is 4.08. The van der Waals surface area contributed by atoms with Crippen LogP contribution in [0.2, 0.25) is 5.02 Å². The molecule has 0 bridgehead atoms. The molecule has 1 heterocycles. The fourth-order valence-corrected chi connectivity index (χ4v) is 3.28. The fourth-order valence-electron chi connectivity index (χ4n) is 3.10. The maximum absolute atomic E-state index is 12.2. The number of nitrogen functional groups attached to an aromatic ring is 1. The van der Waals surface area contributed by atoms with Crippen LogP contribution in [0.1, 0.15) is 24.8 Å². The molecule has 1 aromatic carbocycles. The lowest BCUT2D eigenvalue weighted by atomic mass is 10.00. The Kier molecular flexibility index (Phi) is 2.97. The number of imide groups is 1. The lowest BCUT2D eigenvalue weighted by molar-refractivity contribution is -0.141. The number of likely N-dealkylation sites (tertiary alicyclic amines) is 1. The van der Waals surface area contributed by atoms with Crippen LogP contribution in [-0.4, -0.2) is 16.7 Å². The molecule has 1 aliphatic heterocycles. The number of halogens is 1. The van der Waals surface area contributed by atoms with E-state index in [1.165, 1.54) is 4.90 Å². The van der Waals surface area contributed by atoms with Gasteiger partial charge in [0, 0.05) is 10.7 Å². The summed E-state index contributed by atoms with van der Waals surface area (Å²) in [6.45, 7) is 0.231. The van der Waals surface area contributed by atoms with Crippen molar-refractivity contribution in [3.05, 3.63) is 28.8 Å². The maximum Gasteiger partial charge on any atom is 0.233 e. The molecule has 5 heteroatoms. The first-order chi connectivity index (χ1) is 9.08. The number of nitrogens with two attached hydrogens (primary N) is 1. The smallest absolute Gasteiger partial charge is 0.233 e. The molecule has 2 aliphatic rings. The number of hydrogen-bond donors (Lipinski definition) is 1. The maximum atomic E-state index is 12.2. The van der Waals surface area contributed by atoms with Crippen LogP contribution in [0.15, 0.2) is 18.2 Å². The van der Waals surface area contributed by atoms with Crippen LogP contribution in [0.25, 0.3) is 0 Å². The number of fused-ring (bicyclic) bond motifs is 1. The molecule has 3 rings (SSSR count). The van der Waals surface area contributed by atoms with Gasteiger partial charge in [0.05, 0.1) is 18.4 Å². The quantitative estimate of drug-likeness (QED) is 0.666. The van der Waals surface area contributed by atoms with Gasteiger partial charge in [-0.15, -0.1) is 0 Å². The van der Waals surface area contributed by atoms with Crippen molar-refractivity contribution >= 4 is 29.1 Å². The van der Waals surface area contributed by atoms with E-state index in [0.717, 1.165) is 24.8 Å². The second kappa shape index (κ2) is 4.53. The molecule has 1 aromatic rings. The third kappa shape index (κ3) is 2.00. The Bertz CT molecular complexity index is 536.